The van der Waals surface area contributed by atoms with Gasteiger partial charge in [-0.25, -0.2) is 4.98 Å². The molecule has 5 nitrogen and oxygen atoms in total. The van der Waals surface area contributed by atoms with Gasteiger partial charge in [0, 0.05) is 17.3 Å². The largest absolute Gasteiger partial charge is 0.497 e. The van der Waals surface area contributed by atoms with Crippen molar-refractivity contribution in [3.8, 4) is 5.75 Å². The number of nitrogen functional groups attached to an aromatic ring is 1. The molecule has 0 saturated carbocycles. The number of nitrogens with two attached hydrogens (primary N) is 1. The molecule has 0 amide bonds. The maximum atomic E-state index is 5.58. The number of methoxy groups -OCH3 is 1. The summed E-state index contributed by atoms with van der Waals surface area (Å²) in [6.45, 7) is 0. The Kier molecular flexibility index (Phi) is 3.97. The normalized spacial score (nSPS) is 11.2. The van der Waals surface area contributed by atoms with E-state index in [-0.39, 0.29) is 0 Å². The van der Waals surface area contributed by atoms with E-state index in [1.54, 1.807) is 19.4 Å². The van der Waals surface area contributed by atoms with E-state index in [2.05, 4.69) is 10.1 Å². The highest BCUT2D eigenvalue weighted by atomic mass is 16.6. The number of ether oxygens (including phenoxy) is 1. The Bertz CT molecular complexity index is 562. The Balaban J connectivity index is 2.39. The molecular formula is C14H15N3O2. The molecule has 0 aliphatic carbocycles. The summed E-state index contributed by atoms with van der Waals surface area (Å²) in [5, 5.41) is 4.04. The van der Waals surface area contributed by atoms with Crippen molar-refractivity contribution >= 4 is 11.5 Å². The second-order valence-electron chi connectivity index (χ2n) is 3.82. The molecule has 0 bridgehead atoms. The van der Waals surface area contributed by atoms with Crippen LogP contribution >= 0.6 is 0 Å². The molecule has 2 aromatic rings. The Labute approximate surface area is 111 Å². The summed E-state index contributed by atoms with van der Waals surface area (Å²) < 4.78 is 5.13. The van der Waals surface area contributed by atoms with Crippen molar-refractivity contribution in [3.05, 3.63) is 53.7 Å². The van der Waals surface area contributed by atoms with Crippen LogP contribution in [0, 0.1) is 0 Å². The number of aromatic nitrogens is 1. The highest BCUT2D eigenvalue weighted by Crippen LogP contribution is 2.16. The van der Waals surface area contributed by atoms with Crippen molar-refractivity contribution in [3.63, 3.8) is 0 Å². The summed E-state index contributed by atoms with van der Waals surface area (Å²) in [5.74, 6) is 1.26. The van der Waals surface area contributed by atoms with Gasteiger partial charge in [-0.2, -0.15) is 0 Å². The molecule has 2 rings (SSSR count). The van der Waals surface area contributed by atoms with Gasteiger partial charge in [0.05, 0.1) is 7.11 Å². The van der Waals surface area contributed by atoms with Gasteiger partial charge in [0.2, 0.25) is 0 Å². The summed E-state index contributed by atoms with van der Waals surface area (Å²) in [4.78, 5) is 8.96. The molecule has 0 radical (unpaired) electrons. The monoisotopic (exact) mass is 257 g/mol. The van der Waals surface area contributed by atoms with Crippen LogP contribution in [0.25, 0.3) is 0 Å². The number of oxime groups is 1. The lowest BCUT2D eigenvalue weighted by molar-refractivity contribution is 0.214. The van der Waals surface area contributed by atoms with Crippen LogP contribution < -0.4 is 10.5 Å². The minimum absolute atomic E-state index is 0.468. The van der Waals surface area contributed by atoms with E-state index in [9.17, 15) is 0 Å². The third-order valence-corrected chi connectivity index (χ3v) is 2.61. The van der Waals surface area contributed by atoms with E-state index in [1.165, 1.54) is 7.11 Å². The first-order chi connectivity index (χ1) is 9.24. The summed E-state index contributed by atoms with van der Waals surface area (Å²) in [7, 11) is 3.14. The van der Waals surface area contributed by atoms with Crippen molar-refractivity contribution < 1.29 is 9.57 Å². The van der Waals surface area contributed by atoms with Gasteiger partial charge in [0.15, 0.2) is 0 Å². The maximum Gasteiger partial charge on any atom is 0.123 e. The van der Waals surface area contributed by atoms with E-state index in [4.69, 9.17) is 15.3 Å². The molecule has 98 valence electrons. The molecule has 0 aliphatic rings. The van der Waals surface area contributed by atoms with E-state index in [0.717, 1.165) is 16.9 Å². The van der Waals surface area contributed by atoms with E-state index >= 15 is 0 Å². The van der Waals surface area contributed by atoms with Crippen molar-refractivity contribution in [2.75, 3.05) is 20.0 Å². The molecule has 1 heterocycles. The number of hydrogen-bond donors (Lipinski definition) is 1. The third-order valence-electron chi connectivity index (χ3n) is 2.61. The first-order valence-corrected chi connectivity index (χ1v) is 5.72. The van der Waals surface area contributed by atoms with E-state index in [1.807, 2.05) is 30.3 Å². The number of benzene rings is 1. The fourth-order valence-electron chi connectivity index (χ4n) is 1.66. The Morgan fingerprint density at radius 2 is 1.74 bits per heavy atom. The molecular weight excluding hydrogens is 242 g/mol. The number of nitrogens with zero attached hydrogens (tertiary/aromatic N) is 2. The number of hydrogen-bond acceptors (Lipinski definition) is 5. The van der Waals surface area contributed by atoms with Crippen LogP contribution in [0.3, 0.4) is 0 Å². The molecule has 0 spiro atoms. The lowest BCUT2D eigenvalue weighted by Gasteiger charge is -2.07. The minimum atomic E-state index is 0.468. The Hall–Kier alpha value is -2.56. The van der Waals surface area contributed by atoms with Crippen molar-refractivity contribution in [2.24, 2.45) is 5.16 Å². The van der Waals surface area contributed by atoms with Gasteiger partial charge < -0.3 is 15.3 Å². The fourth-order valence-corrected chi connectivity index (χ4v) is 1.66. The van der Waals surface area contributed by atoms with Crippen LogP contribution in [0.5, 0.6) is 5.75 Å². The van der Waals surface area contributed by atoms with Gasteiger partial charge in [0.25, 0.3) is 0 Å². The standard InChI is InChI=1S/C14H15N3O2/c1-18-12-6-3-10(4-7-12)14(17-19-2)11-5-8-13(15)16-9-11/h3-9H,1-2H3,(H2,15,16). The minimum Gasteiger partial charge on any atom is -0.497 e. The molecule has 19 heavy (non-hydrogen) atoms. The molecule has 0 unspecified atom stereocenters. The van der Waals surface area contributed by atoms with Gasteiger partial charge in [-0.3, -0.25) is 0 Å². The quantitative estimate of drug-likeness (QED) is 0.672. The van der Waals surface area contributed by atoms with E-state index in [0.29, 0.717) is 11.5 Å². The summed E-state index contributed by atoms with van der Waals surface area (Å²) in [5.41, 5.74) is 8.02. The highest BCUT2D eigenvalue weighted by Gasteiger charge is 2.08. The van der Waals surface area contributed by atoms with Crippen molar-refractivity contribution in [1.82, 2.24) is 4.98 Å². The first kappa shape index (κ1) is 12.9. The topological polar surface area (TPSA) is 69.7 Å². The molecule has 5 heteroatoms. The second-order valence-corrected chi connectivity index (χ2v) is 3.82. The summed E-state index contributed by atoms with van der Waals surface area (Å²) >= 11 is 0. The fraction of sp³-hybridized carbons (Fsp3) is 0.143. The summed E-state index contributed by atoms with van der Waals surface area (Å²) in [6, 6.07) is 11.1. The van der Waals surface area contributed by atoms with Crippen LogP contribution in [-0.4, -0.2) is 24.9 Å². The van der Waals surface area contributed by atoms with E-state index < -0.39 is 0 Å². The molecule has 0 atom stereocenters. The Morgan fingerprint density at radius 1 is 1.05 bits per heavy atom. The second kappa shape index (κ2) is 5.86. The zero-order valence-electron chi connectivity index (χ0n) is 10.8. The van der Waals surface area contributed by atoms with Crippen molar-refractivity contribution in [2.45, 2.75) is 0 Å². The van der Waals surface area contributed by atoms with Crippen LogP contribution in [0.15, 0.2) is 47.8 Å². The third kappa shape index (κ3) is 3.01. The molecule has 0 fully saturated rings. The number of anilines is 1. The zero-order chi connectivity index (χ0) is 13.7. The zero-order valence-corrected chi connectivity index (χ0v) is 10.8. The predicted molar refractivity (Wildman–Crippen MR) is 74.3 cm³/mol. The first-order valence-electron chi connectivity index (χ1n) is 5.72. The smallest absolute Gasteiger partial charge is 0.123 e. The summed E-state index contributed by atoms with van der Waals surface area (Å²) in [6.07, 6.45) is 1.66. The SMILES string of the molecule is CON=C(c1ccc(OC)cc1)c1ccc(N)nc1. The molecule has 0 aliphatic heterocycles. The van der Waals surface area contributed by atoms with Crippen LogP contribution in [0.2, 0.25) is 0 Å². The number of rotatable bonds is 4. The average Bonchev–Trinajstić information content (AvgIpc) is 2.46. The van der Waals surface area contributed by atoms with Gasteiger partial charge in [-0.05, 0) is 36.4 Å². The van der Waals surface area contributed by atoms with Gasteiger partial charge >= 0.3 is 0 Å². The van der Waals surface area contributed by atoms with Gasteiger partial charge in [-0.15, -0.1) is 0 Å². The molecule has 2 N–H and O–H groups in total. The highest BCUT2D eigenvalue weighted by molar-refractivity contribution is 6.12. The van der Waals surface area contributed by atoms with Crippen molar-refractivity contribution in [1.29, 1.82) is 0 Å². The molecule has 1 aromatic carbocycles. The number of pyridine rings is 1. The van der Waals surface area contributed by atoms with Crippen LogP contribution in [0.1, 0.15) is 11.1 Å². The molecule has 1 aromatic heterocycles. The lowest BCUT2D eigenvalue weighted by atomic mass is 10.0. The van der Waals surface area contributed by atoms with Crippen LogP contribution in [0.4, 0.5) is 5.82 Å². The van der Waals surface area contributed by atoms with Crippen LogP contribution in [-0.2, 0) is 4.84 Å². The lowest BCUT2D eigenvalue weighted by Crippen LogP contribution is -2.05. The average molecular weight is 257 g/mol. The van der Waals surface area contributed by atoms with Gasteiger partial charge in [0.1, 0.15) is 24.4 Å². The van der Waals surface area contributed by atoms with Gasteiger partial charge in [-0.1, -0.05) is 5.16 Å². The predicted octanol–water partition coefficient (Wildman–Crippen LogP) is 2.07. The maximum absolute atomic E-state index is 5.58. The molecule has 0 saturated heterocycles. The Morgan fingerprint density at radius 3 is 2.26 bits per heavy atom.